The number of nitrogens with one attached hydrogen (secondary N) is 2. The van der Waals surface area contributed by atoms with Crippen molar-refractivity contribution in [2.24, 2.45) is 0 Å². The summed E-state index contributed by atoms with van der Waals surface area (Å²) in [6, 6.07) is 1.92. The molecule has 0 bridgehead atoms. The number of carbonyl (C=O) groups is 1. The molecule has 4 heterocycles. The molecule has 3 aromatic rings. The van der Waals surface area contributed by atoms with Gasteiger partial charge in [-0.15, -0.1) is 0 Å². The Morgan fingerprint density at radius 3 is 2.85 bits per heavy atom. The van der Waals surface area contributed by atoms with Crippen molar-refractivity contribution < 1.29 is 9.53 Å². The average Bonchev–Trinajstić information content (AvgIpc) is 3.22. The number of methoxy groups -OCH3 is 1. The molecule has 10 heteroatoms. The number of amides is 1. The van der Waals surface area contributed by atoms with E-state index in [0.29, 0.717) is 42.0 Å². The maximum absolute atomic E-state index is 12.1. The highest BCUT2D eigenvalue weighted by Gasteiger charge is 2.26. The van der Waals surface area contributed by atoms with Gasteiger partial charge in [0, 0.05) is 18.9 Å². The Morgan fingerprint density at radius 1 is 1.22 bits per heavy atom. The van der Waals surface area contributed by atoms with Crippen molar-refractivity contribution in [3.63, 3.8) is 0 Å². The first-order chi connectivity index (χ1) is 13.2. The summed E-state index contributed by atoms with van der Waals surface area (Å²) in [6.45, 7) is 3.02. The first-order valence-electron chi connectivity index (χ1n) is 8.40. The lowest BCUT2D eigenvalue weighted by atomic mass is 10.1. The fraction of sp³-hybridized carbons (Fsp3) is 0.294. The summed E-state index contributed by atoms with van der Waals surface area (Å²) in [4.78, 5) is 31.4. The summed E-state index contributed by atoms with van der Waals surface area (Å²) >= 11 is 0. The maximum Gasteiger partial charge on any atom is 0.247 e. The fourth-order valence-electron chi connectivity index (χ4n) is 2.90. The highest BCUT2D eigenvalue weighted by atomic mass is 16.5. The minimum Gasteiger partial charge on any atom is -0.383 e. The van der Waals surface area contributed by atoms with Crippen molar-refractivity contribution in [1.29, 1.82) is 0 Å². The number of fused-ring (bicyclic) bond motifs is 1. The predicted octanol–water partition coefficient (Wildman–Crippen LogP) is 1.04. The number of rotatable bonds is 5. The lowest BCUT2D eigenvalue weighted by Crippen LogP contribution is -2.42. The van der Waals surface area contributed by atoms with E-state index in [-0.39, 0.29) is 12.5 Å². The van der Waals surface area contributed by atoms with Crippen molar-refractivity contribution in [3.05, 3.63) is 30.4 Å². The predicted molar refractivity (Wildman–Crippen MR) is 98.1 cm³/mol. The van der Waals surface area contributed by atoms with Crippen LogP contribution in [0.2, 0.25) is 0 Å². The maximum atomic E-state index is 12.1. The van der Waals surface area contributed by atoms with Crippen molar-refractivity contribution in [2.75, 3.05) is 37.0 Å². The summed E-state index contributed by atoms with van der Waals surface area (Å²) < 4.78 is 5.08. The Labute approximate surface area is 155 Å². The van der Waals surface area contributed by atoms with Gasteiger partial charge in [-0.05, 0) is 18.6 Å². The van der Waals surface area contributed by atoms with Crippen molar-refractivity contribution in [2.45, 2.75) is 6.92 Å². The molecule has 3 aromatic heterocycles. The van der Waals surface area contributed by atoms with Gasteiger partial charge in [0.1, 0.15) is 12.0 Å². The first-order valence-corrected chi connectivity index (χ1v) is 8.40. The van der Waals surface area contributed by atoms with Crippen LogP contribution in [0.5, 0.6) is 0 Å². The van der Waals surface area contributed by atoms with Crippen LogP contribution in [0, 0.1) is 6.92 Å². The van der Waals surface area contributed by atoms with E-state index in [1.165, 1.54) is 6.33 Å². The van der Waals surface area contributed by atoms with Crippen LogP contribution >= 0.6 is 0 Å². The van der Waals surface area contributed by atoms with Crippen molar-refractivity contribution in [3.8, 4) is 22.8 Å². The van der Waals surface area contributed by atoms with Gasteiger partial charge < -0.3 is 10.1 Å². The van der Waals surface area contributed by atoms with Crippen LogP contribution in [-0.4, -0.2) is 62.8 Å². The summed E-state index contributed by atoms with van der Waals surface area (Å²) in [5.74, 6) is 1.63. The highest BCUT2D eigenvalue weighted by Crippen LogP contribution is 2.30. The Bertz CT molecular complexity index is 973. The highest BCUT2D eigenvalue weighted by molar-refractivity contribution is 6.00. The lowest BCUT2D eigenvalue weighted by molar-refractivity contribution is -0.117. The van der Waals surface area contributed by atoms with Crippen LogP contribution < -0.4 is 10.2 Å². The molecule has 0 atom stereocenters. The van der Waals surface area contributed by atoms with E-state index in [0.717, 1.165) is 11.1 Å². The molecule has 138 valence electrons. The van der Waals surface area contributed by atoms with Crippen LogP contribution in [0.25, 0.3) is 22.8 Å². The molecular weight excluding hydrogens is 348 g/mol. The Morgan fingerprint density at radius 2 is 2.11 bits per heavy atom. The largest absolute Gasteiger partial charge is 0.383 e. The average molecular weight is 366 g/mol. The second kappa shape index (κ2) is 7.08. The molecule has 0 saturated carbocycles. The van der Waals surface area contributed by atoms with Gasteiger partial charge in [-0.25, -0.2) is 15.0 Å². The number of aryl methyl sites for hydroxylation is 1. The third-order valence-electron chi connectivity index (χ3n) is 4.28. The molecule has 0 radical (unpaired) electrons. The normalized spacial score (nSPS) is 13.4. The molecule has 1 aliphatic rings. The van der Waals surface area contributed by atoms with Gasteiger partial charge in [-0.2, -0.15) is 5.10 Å². The van der Waals surface area contributed by atoms with Gasteiger partial charge >= 0.3 is 0 Å². The van der Waals surface area contributed by atoms with Crippen LogP contribution in [-0.2, 0) is 9.53 Å². The third-order valence-corrected chi connectivity index (χ3v) is 4.28. The van der Waals surface area contributed by atoms with E-state index in [4.69, 9.17) is 4.74 Å². The molecule has 1 amide bonds. The van der Waals surface area contributed by atoms with Crippen LogP contribution in [0.1, 0.15) is 5.56 Å². The molecule has 0 fully saturated rings. The van der Waals surface area contributed by atoms with Gasteiger partial charge in [0.25, 0.3) is 0 Å². The minimum atomic E-state index is -0.0594. The van der Waals surface area contributed by atoms with E-state index in [9.17, 15) is 4.79 Å². The molecule has 0 aromatic carbocycles. The zero-order valence-corrected chi connectivity index (χ0v) is 14.9. The summed E-state index contributed by atoms with van der Waals surface area (Å²) in [6.07, 6.45) is 4.83. The van der Waals surface area contributed by atoms with E-state index < -0.39 is 0 Å². The third kappa shape index (κ3) is 3.22. The number of ether oxygens (including phenoxy) is 1. The van der Waals surface area contributed by atoms with Gasteiger partial charge in [-0.1, -0.05) is 0 Å². The molecule has 0 spiro atoms. The zero-order chi connectivity index (χ0) is 18.8. The molecule has 0 saturated heterocycles. The zero-order valence-electron chi connectivity index (χ0n) is 14.9. The Kier molecular flexibility index (Phi) is 4.47. The smallest absolute Gasteiger partial charge is 0.247 e. The monoisotopic (exact) mass is 366 g/mol. The van der Waals surface area contributed by atoms with Crippen LogP contribution in [0.15, 0.2) is 24.8 Å². The van der Waals surface area contributed by atoms with E-state index in [1.54, 1.807) is 24.4 Å². The molecule has 0 unspecified atom stereocenters. The van der Waals surface area contributed by atoms with Crippen molar-refractivity contribution in [1.82, 2.24) is 30.1 Å². The summed E-state index contributed by atoms with van der Waals surface area (Å²) in [5.41, 5.74) is 3.22. The molecule has 4 rings (SSSR count). The Balaban J connectivity index is 1.67. The van der Waals surface area contributed by atoms with Gasteiger partial charge in [0.05, 0.1) is 31.6 Å². The molecule has 27 heavy (non-hydrogen) atoms. The standard InChI is InChI=1S/C17H18N8O2/c1-10-5-12(15-21-9-22-24-15)18-6-11(10)13-7-20-17-16(23-13)19-8-14(26)25(17)3-4-27-2/h5-7,9H,3-4,8H2,1-2H3,(H,19,23)(H,21,22,24). The van der Waals surface area contributed by atoms with Gasteiger partial charge in [0.15, 0.2) is 17.5 Å². The molecule has 2 N–H and O–H groups in total. The number of pyridine rings is 1. The molecule has 0 aliphatic carbocycles. The number of aromatic nitrogens is 6. The number of anilines is 2. The fourth-order valence-corrected chi connectivity index (χ4v) is 2.90. The number of carbonyl (C=O) groups excluding carboxylic acids is 1. The number of aromatic amines is 1. The minimum absolute atomic E-state index is 0.0594. The summed E-state index contributed by atoms with van der Waals surface area (Å²) in [5, 5.41) is 9.67. The second-order valence-electron chi connectivity index (χ2n) is 6.04. The Hall–Kier alpha value is -3.40. The van der Waals surface area contributed by atoms with Gasteiger partial charge in [0.2, 0.25) is 5.91 Å². The van der Waals surface area contributed by atoms with E-state index in [2.05, 4.69) is 35.5 Å². The second-order valence-corrected chi connectivity index (χ2v) is 6.04. The van der Waals surface area contributed by atoms with E-state index >= 15 is 0 Å². The summed E-state index contributed by atoms with van der Waals surface area (Å²) in [7, 11) is 1.60. The SMILES string of the molecule is COCCN1C(=O)CNc2nc(-c3cnc(-c4ncn[nH]4)cc3C)cnc21. The molecule has 10 nitrogen and oxygen atoms in total. The number of nitrogens with zero attached hydrogens (tertiary/aromatic N) is 6. The van der Waals surface area contributed by atoms with Gasteiger partial charge in [-0.3, -0.25) is 19.8 Å². The van der Waals surface area contributed by atoms with E-state index in [1.807, 2.05) is 13.0 Å². The quantitative estimate of drug-likeness (QED) is 0.687. The van der Waals surface area contributed by atoms with Crippen molar-refractivity contribution >= 4 is 17.5 Å². The number of hydrogen-bond donors (Lipinski definition) is 2. The topological polar surface area (TPSA) is 122 Å². The molecule has 1 aliphatic heterocycles. The number of hydrogen-bond acceptors (Lipinski definition) is 8. The van der Waals surface area contributed by atoms with Crippen LogP contribution in [0.4, 0.5) is 11.6 Å². The lowest BCUT2D eigenvalue weighted by Gasteiger charge is -2.28. The van der Waals surface area contributed by atoms with Crippen LogP contribution in [0.3, 0.4) is 0 Å². The molecular formula is C17H18N8O2. The first kappa shape index (κ1) is 17.0. The number of H-pyrrole nitrogens is 1.